The minimum atomic E-state index is 0.146. The number of nitrogens with zero attached hydrogens (tertiary/aromatic N) is 3. The number of nitrogens with one attached hydrogen (secondary N) is 1. The van der Waals surface area contributed by atoms with Gasteiger partial charge in [-0.25, -0.2) is 4.98 Å². The number of nitrogens with two attached hydrogens (primary N) is 1. The molecule has 1 aromatic carbocycles. The molecular formula is C15H21N5O. The maximum Gasteiger partial charge on any atom is 0.170 e. The Morgan fingerprint density at radius 2 is 2.19 bits per heavy atom. The molecular weight excluding hydrogens is 266 g/mol. The van der Waals surface area contributed by atoms with Crippen LogP contribution in [-0.4, -0.2) is 27.1 Å². The van der Waals surface area contributed by atoms with Crippen LogP contribution in [0.1, 0.15) is 24.0 Å². The lowest BCUT2D eigenvalue weighted by Crippen LogP contribution is -2.20. The van der Waals surface area contributed by atoms with Crippen LogP contribution in [0.5, 0.6) is 0 Å². The largest absolute Gasteiger partial charge is 0.409 e. The van der Waals surface area contributed by atoms with E-state index in [9.17, 15) is 0 Å². The number of aryl methyl sites for hydroxylation is 1. The molecule has 0 amide bonds. The first-order chi connectivity index (χ1) is 10.3. The van der Waals surface area contributed by atoms with E-state index in [1.807, 2.05) is 36.8 Å². The maximum atomic E-state index is 8.78. The second-order valence-electron chi connectivity index (χ2n) is 4.83. The molecule has 4 N–H and O–H groups in total. The zero-order valence-corrected chi connectivity index (χ0v) is 11.9. The van der Waals surface area contributed by atoms with Gasteiger partial charge in [0.2, 0.25) is 0 Å². The molecule has 21 heavy (non-hydrogen) atoms. The number of aromatic nitrogens is 2. The van der Waals surface area contributed by atoms with Gasteiger partial charge in [0.05, 0.1) is 6.33 Å². The second-order valence-corrected chi connectivity index (χ2v) is 4.83. The lowest BCUT2D eigenvalue weighted by molar-refractivity contribution is 0.318. The lowest BCUT2D eigenvalue weighted by Gasteiger charge is -2.09. The van der Waals surface area contributed by atoms with Crippen molar-refractivity contribution in [2.45, 2.75) is 25.9 Å². The van der Waals surface area contributed by atoms with Crippen LogP contribution in [-0.2, 0) is 13.1 Å². The van der Waals surface area contributed by atoms with E-state index in [0.29, 0.717) is 6.54 Å². The van der Waals surface area contributed by atoms with E-state index in [-0.39, 0.29) is 5.84 Å². The highest BCUT2D eigenvalue weighted by molar-refractivity contribution is 5.98. The maximum absolute atomic E-state index is 8.78. The standard InChI is InChI=1S/C15H21N5O/c16-15(19-21)14-6-2-1-5-13(14)11-17-7-3-4-9-20-10-8-18-12-20/h1-2,5-6,8,10,12,17,21H,3-4,7,9,11H2,(H2,16,19). The summed E-state index contributed by atoms with van der Waals surface area (Å²) in [7, 11) is 0. The second kappa shape index (κ2) is 8.06. The van der Waals surface area contributed by atoms with Crippen LogP contribution in [0.15, 0.2) is 48.1 Å². The summed E-state index contributed by atoms with van der Waals surface area (Å²) in [6.45, 7) is 2.62. The van der Waals surface area contributed by atoms with E-state index in [1.54, 1.807) is 6.20 Å². The number of hydrogen-bond donors (Lipinski definition) is 3. The van der Waals surface area contributed by atoms with Gasteiger partial charge in [-0.2, -0.15) is 0 Å². The summed E-state index contributed by atoms with van der Waals surface area (Å²) in [5.74, 6) is 0.146. The Balaban J connectivity index is 1.71. The molecule has 0 atom stereocenters. The quantitative estimate of drug-likeness (QED) is 0.226. The van der Waals surface area contributed by atoms with Gasteiger partial charge < -0.3 is 20.8 Å². The fraction of sp³-hybridized carbons (Fsp3) is 0.333. The minimum absolute atomic E-state index is 0.146. The Hall–Kier alpha value is -2.34. The zero-order chi connectivity index (χ0) is 14.9. The Kier molecular flexibility index (Phi) is 5.78. The first-order valence-corrected chi connectivity index (χ1v) is 7.03. The van der Waals surface area contributed by atoms with E-state index in [1.165, 1.54) is 0 Å². The van der Waals surface area contributed by atoms with Crippen LogP contribution in [0, 0.1) is 0 Å². The van der Waals surface area contributed by atoms with Crippen LogP contribution in [0.3, 0.4) is 0 Å². The van der Waals surface area contributed by atoms with Crippen molar-refractivity contribution >= 4 is 5.84 Å². The summed E-state index contributed by atoms with van der Waals surface area (Å²) >= 11 is 0. The van der Waals surface area contributed by atoms with Crippen molar-refractivity contribution in [1.29, 1.82) is 0 Å². The van der Waals surface area contributed by atoms with Crippen LogP contribution in [0.25, 0.3) is 0 Å². The number of benzene rings is 1. The molecule has 0 saturated carbocycles. The Labute approximate surface area is 124 Å². The molecule has 2 aromatic rings. The average Bonchev–Trinajstić information content (AvgIpc) is 3.03. The third-order valence-corrected chi connectivity index (χ3v) is 3.30. The number of unbranched alkanes of at least 4 members (excludes halogenated alkanes) is 1. The number of oxime groups is 1. The summed E-state index contributed by atoms with van der Waals surface area (Å²) in [5.41, 5.74) is 7.46. The number of imidazole rings is 1. The molecule has 0 spiro atoms. The summed E-state index contributed by atoms with van der Waals surface area (Å²) < 4.78 is 2.08. The van der Waals surface area contributed by atoms with Gasteiger partial charge in [-0.1, -0.05) is 29.4 Å². The van der Waals surface area contributed by atoms with Crippen LogP contribution >= 0.6 is 0 Å². The third kappa shape index (κ3) is 4.61. The average molecular weight is 287 g/mol. The van der Waals surface area contributed by atoms with Gasteiger partial charge in [0.1, 0.15) is 0 Å². The van der Waals surface area contributed by atoms with Gasteiger partial charge in [-0.3, -0.25) is 0 Å². The molecule has 0 radical (unpaired) electrons. The minimum Gasteiger partial charge on any atom is -0.409 e. The normalized spacial score (nSPS) is 11.7. The first kappa shape index (κ1) is 15.1. The summed E-state index contributed by atoms with van der Waals surface area (Å²) in [6, 6.07) is 7.66. The first-order valence-electron chi connectivity index (χ1n) is 7.03. The van der Waals surface area contributed by atoms with Gasteiger partial charge in [0.15, 0.2) is 5.84 Å². The van der Waals surface area contributed by atoms with Crippen molar-refractivity contribution in [3.8, 4) is 0 Å². The number of amidine groups is 1. The fourth-order valence-corrected chi connectivity index (χ4v) is 2.16. The van der Waals surface area contributed by atoms with E-state index in [2.05, 4.69) is 20.0 Å². The van der Waals surface area contributed by atoms with Gasteiger partial charge in [-0.15, -0.1) is 0 Å². The molecule has 0 bridgehead atoms. The Bertz CT molecular complexity index is 565. The topological polar surface area (TPSA) is 88.5 Å². The highest BCUT2D eigenvalue weighted by Crippen LogP contribution is 2.08. The van der Waals surface area contributed by atoms with Crippen molar-refractivity contribution < 1.29 is 5.21 Å². The van der Waals surface area contributed by atoms with E-state index < -0.39 is 0 Å². The predicted molar refractivity (Wildman–Crippen MR) is 82.1 cm³/mol. The molecule has 0 fully saturated rings. The summed E-state index contributed by atoms with van der Waals surface area (Å²) in [6.07, 6.45) is 7.79. The smallest absolute Gasteiger partial charge is 0.170 e. The highest BCUT2D eigenvalue weighted by atomic mass is 16.4. The molecule has 0 aliphatic rings. The van der Waals surface area contributed by atoms with E-state index in [0.717, 1.165) is 37.1 Å². The number of rotatable bonds is 8. The molecule has 0 unspecified atom stereocenters. The molecule has 0 aliphatic heterocycles. The van der Waals surface area contributed by atoms with Crippen molar-refractivity contribution in [3.05, 3.63) is 54.1 Å². The molecule has 0 aliphatic carbocycles. The predicted octanol–water partition coefficient (Wildman–Crippen LogP) is 1.55. The molecule has 1 aromatic heterocycles. The van der Waals surface area contributed by atoms with Gasteiger partial charge in [0, 0.05) is 31.0 Å². The molecule has 0 saturated heterocycles. The summed E-state index contributed by atoms with van der Waals surface area (Å²) in [4.78, 5) is 4.02. The molecule has 2 rings (SSSR count). The monoisotopic (exact) mass is 287 g/mol. The summed E-state index contributed by atoms with van der Waals surface area (Å²) in [5, 5.41) is 15.2. The van der Waals surface area contributed by atoms with Crippen molar-refractivity contribution in [3.63, 3.8) is 0 Å². The third-order valence-electron chi connectivity index (χ3n) is 3.30. The fourth-order valence-electron chi connectivity index (χ4n) is 2.16. The van der Waals surface area contributed by atoms with Crippen LogP contribution in [0.2, 0.25) is 0 Å². The number of hydrogen-bond acceptors (Lipinski definition) is 4. The SMILES string of the molecule is NC(=NO)c1ccccc1CNCCCCn1ccnc1. The van der Waals surface area contributed by atoms with Crippen molar-refractivity contribution in [2.24, 2.45) is 10.9 Å². The molecule has 6 nitrogen and oxygen atoms in total. The van der Waals surface area contributed by atoms with Gasteiger partial charge in [-0.05, 0) is 24.9 Å². The molecule has 1 heterocycles. The van der Waals surface area contributed by atoms with Crippen molar-refractivity contribution in [2.75, 3.05) is 6.54 Å². The molecule has 6 heteroatoms. The van der Waals surface area contributed by atoms with Crippen molar-refractivity contribution in [1.82, 2.24) is 14.9 Å². The Morgan fingerprint density at radius 1 is 1.33 bits per heavy atom. The van der Waals surface area contributed by atoms with Gasteiger partial charge >= 0.3 is 0 Å². The van der Waals surface area contributed by atoms with Gasteiger partial charge in [0.25, 0.3) is 0 Å². The van der Waals surface area contributed by atoms with E-state index >= 15 is 0 Å². The zero-order valence-electron chi connectivity index (χ0n) is 11.9. The van der Waals surface area contributed by atoms with E-state index in [4.69, 9.17) is 10.9 Å². The van der Waals surface area contributed by atoms with Crippen LogP contribution in [0.4, 0.5) is 0 Å². The molecule has 112 valence electrons. The Morgan fingerprint density at radius 3 is 2.95 bits per heavy atom. The lowest BCUT2D eigenvalue weighted by atomic mass is 10.1. The highest BCUT2D eigenvalue weighted by Gasteiger charge is 2.05. The van der Waals surface area contributed by atoms with Crippen LogP contribution < -0.4 is 11.1 Å².